The van der Waals surface area contributed by atoms with Crippen molar-refractivity contribution in [3.05, 3.63) is 83.9 Å². The lowest BCUT2D eigenvalue weighted by Gasteiger charge is -2.14. The van der Waals surface area contributed by atoms with Crippen molar-refractivity contribution in [1.29, 1.82) is 5.26 Å². The fourth-order valence-electron chi connectivity index (χ4n) is 3.07. The Morgan fingerprint density at radius 2 is 1.81 bits per heavy atom. The summed E-state index contributed by atoms with van der Waals surface area (Å²) in [6.07, 6.45) is -1.06. The molecule has 3 aromatic carbocycles. The van der Waals surface area contributed by atoms with Gasteiger partial charge in [0.1, 0.15) is 11.6 Å². The minimum Gasteiger partial charge on any atom is -0.449 e. The Labute approximate surface area is 177 Å². The Morgan fingerprint density at radius 1 is 1.06 bits per heavy atom. The number of amides is 1. The molecule has 0 fully saturated rings. The van der Waals surface area contributed by atoms with E-state index in [0.29, 0.717) is 27.9 Å². The van der Waals surface area contributed by atoms with E-state index in [9.17, 15) is 9.59 Å². The van der Waals surface area contributed by atoms with Crippen molar-refractivity contribution in [3.63, 3.8) is 0 Å². The molecule has 0 aliphatic heterocycles. The van der Waals surface area contributed by atoms with Crippen molar-refractivity contribution in [2.75, 3.05) is 5.32 Å². The molecule has 1 atom stereocenters. The number of aromatic nitrogens is 1. The zero-order valence-corrected chi connectivity index (χ0v) is 16.5. The van der Waals surface area contributed by atoms with E-state index in [1.54, 1.807) is 42.5 Å². The number of carbonyl (C=O) groups excluding carboxylic acids is 2. The van der Waals surface area contributed by atoms with Crippen LogP contribution in [-0.2, 0) is 9.53 Å². The van der Waals surface area contributed by atoms with Gasteiger partial charge < -0.3 is 14.6 Å². The van der Waals surface area contributed by atoms with Crippen LogP contribution in [-0.4, -0.2) is 23.1 Å². The molecule has 1 heterocycles. The van der Waals surface area contributed by atoms with Crippen LogP contribution in [0.2, 0.25) is 0 Å². The van der Waals surface area contributed by atoms with Crippen molar-refractivity contribution in [1.82, 2.24) is 5.16 Å². The number of hydrogen-bond acceptors (Lipinski definition) is 6. The number of esters is 1. The highest BCUT2D eigenvalue weighted by molar-refractivity contribution is 6.01. The highest BCUT2D eigenvalue weighted by Crippen LogP contribution is 2.29. The molecule has 0 aliphatic rings. The largest absolute Gasteiger partial charge is 0.449 e. The summed E-state index contributed by atoms with van der Waals surface area (Å²) >= 11 is 0. The molecular weight excluding hydrogens is 394 g/mol. The van der Waals surface area contributed by atoms with E-state index in [1.807, 2.05) is 36.4 Å². The van der Waals surface area contributed by atoms with Crippen LogP contribution < -0.4 is 5.32 Å². The minimum atomic E-state index is -1.06. The first-order valence-electron chi connectivity index (χ1n) is 9.52. The number of anilines is 1. The van der Waals surface area contributed by atoms with E-state index in [-0.39, 0.29) is 5.56 Å². The van der Waals surface area contributed by atoms with Crippen molar-refractivity contribution in [2.45, 2.75) is 13.0 Å². The molecule has 7 nitrogen and oxygen atoms in total. The van der Waals surface area contributed by atoms with Gasteiger partial charge in [-0.2, -0.15) is 5.26 Å². The minimum absolute atomic E-state index is 0.268. The molecule has 0 aliphatic carbocycles. The fourth-order valence-corrected chi connectivity index (χ4v) is 3.07. The van der Waals surface area contributed by atoms with Gasteiger partial charge in [0.05, 0.1) is 22.2 Å². The third-order valence-corrected chi connectivity index (χ3v) is 4.71. The molecular formula is C24H17N3O4. The summed E-state index contributed by atoms with van der Waals surface area (Å²) in [6.45, 7) is 1.47. The second-order valence-corrected chi connectivity index (χ2v) is 6.80. The normalized spacial score (nSPS) is 11.5. The monoisotopic (exact) mass is 411 g/mol. The number of nitriles is 1. The maximum atomic E-state index is 12.6. The van der Waals surface area contributed by atoms with Crippen LogP contribution in [0.3, 0.4) is 0 Å². The molecule has 0 unspecified atom stereocenters. The highest BCUT2D eigenvalue weighted by Gasteiger charge is 2.21. The topological polar surface area (TPSA) is 105 Å². The third-order valence-electron chi connectivity index (χ3n) is 4.71. The average Bonchev–Trinajstić information content (AvgIpc) is 3.23. The van der Waals surface area contributed by atoms with Gasteiger partial charge in [-0.05, 0) is 37.3 Å². The van der Waals surface area contributed by atoms with Crippen molar-refractivity contribution in [2.24, 2.45) is 0 Å². The smallest absolute Gasteiger partial charge is 0.338 e. The number of benzene rings is 3. The molecule has 1 N–H and O–H groups in total. The highest BCUT2D eigenvalue weighted by atomic mass is 16.5. The Balaban J connectivity index is 1.51. The number of rotatable bonds is 5. The Kier molecular flexibility index (Phi) is 5.45. The lowest BCUT2D eigenvalue weighted by molar-refractivity contribution is -0.123. The quantitative estimate of drug-likeness (QED) is 0.483. The van der Waals surface area contributed by atoms with Gasteiger partial charge in [0.2, 0.25) is 0 Å². The van der Waals surface area contributed by atoms with Crippen molar-refractivity contribution in [3.8, 4) is 17.4 Å². The van der Waals surface area contributed by atoms with Gasteiger partial charge in [-0.25, -0.2) is 4.79 Å². The average molecular weight is 411 g/mol. The second-order valence-electron chi connectivity index (χ2n) is 6.80. The van der Waals surface area contributed by atoms with E-state index < -0.39 is 18.0 Å². The van der Waals surface area contributed by atoms with E-state index in [2.05, 4.69) is 10.5 Å². The molecule has 0 saturated carbocycles. The molecule has 0 spiro atoms. The van der Waals surface area contributed by atoms with Crippen molar-refractivity contribution < 1.29 is 18.8 Å². The summed E-state index contributed by atoms with van der Waals surface area (Å²) in [4.78, 5) is 25.1. The Hall–Kier alpha value is -4.44. The molecule has 0 saturated heterocycles. The third kappa shape index (κ3) is 4.14. The maximum Gasteiger partial charge on any atom is 0.338 e. The summed E-state index contributed by atoms with van der Waals surface area (Å²) in [5.74, 6) is -0.644. The van der Waals surface area contributed by atoms with Crippen LogP contribution in [0.15, 0.2) is 77.3 Å². The van der Waals surface area contributed by atoms with Crippen LogP contribution in [0.5, 0.6) is 0 Å². The number of para-hydroxylation sites is 1. The van der Waals surface area contributed by atoms with Crippen LogP contribution in [0.25, 0.3) is 22.2 Å². The van der Waals surface area contributed by atoms with Gasteiger partial charge >= 0.3 is 5.97 Å². The number of hydrogen-bond donors (Lipinski definition) is 1. The number of nitrogens with one attached hydrogen (secondary N) is 1. The summed E-state index contributed by atoms with van der Waals surface area (Å²) in [5, 5.41) is 16.4. The number of nitrogens with zero attached hydrogens (tertiary/aromatic N) is 2. The van der Waals surface area contributed by atoms with Gasteiger partial charge in [0, 0.05) is 5.56 Å². The molecule has 0 radical (unpaired) electrons. The van der Waals surface area contributed by atoms with E-state index in [4.69, 9.17) is 14.5 Å². The summed E-state index contributed by atoms with van der Waals surface area (Å²) < 4.78 is 10.8. The van der Waals surface area contributed by atoms with Crippen LogP contribution in [0, 0.1) is 11.3 Å². The van der Waals surface area contributed by atoms with E-state index in [1.165, 1.54) is 6.92 Å². The standard InChI is InChI=1S/C24H17N3O4/c1-15(23(28)26-20-10-6-5-9-18(20)14-25)30-24(29)17-11-12-21-19(13-17)22(31-27-21)16-7-3-2-4-8-16/h2-13,15H,1H3,(H,26,28)/t15-/m1/s1. The molecule has 0 bridgehead atoms. The van der Waals surface area contributed by atoms with Gasteiger partial charge in [0.25, 0.3) is 5.91 Å². The predicted octanol–water partition coefficient (Wildman–Crippen LogP) is 4.55. The number of carbonyl (C=O) groups is 2. The summed E-state index contributed by atoms with van der Waals surface area (Å²) in [5.41, 5.74) is 2.38. The van der Waals surface area contributed by atoms with E-state index in [0.717, 1.165) is 5.56 Å². The first kappa shape index (κ1) is 19.9. The predicted molar refractivity (Wildman–Crippen MR) is 114 cm³/mol. The lowest BCUT2D eigenvalue weighted by Crippen LogP contribution is -2.30. The summed E-state index contributed by atoms with van der Waals surface area (Å²) in [7, 11) is 0. The van der Waals surface area contributed by atoms with Gasteiger partial charge in [-0.15, -0.1) is 0 Å². The van der Waals surface area contributed by atoms with E-state index >= 15 is 0 Å². The zero-order valence-electron chi connectivity index (χ0n) is 16.5. The number of ether oxygens (including phenoxy) is 1. The SMILES string of the molecule is C[C@@H](OC(=O)c1ccc2noc(-c3ccccc3)c2c1)C(=O)Nc1ccccc1C#N. The maximum absolute atomic E-state index is 12.6. The molecule has 152 valence electrons. The first-order chi connectivity index (χ1) is 15.1. The lowest BCUT2D eigenvalue weighted by atomic mass is 10.1. The fraction of sp³-hybridized carbons (Fsp3) is 0.0833. The van der Waals surface area contributed by atoms with Gasteiger partial charge in [0.15, 0.2) is 11.9 Å². The van der Waals surface area contributed by atoms with Crippen LogP contribution in [0.1, 0.15) is 22.8 Å². The molecule has 4 aromatic rings. The van der Waals surface area contributed by atoms with Crippen LogP contribution in [0.4, 0.5) is 5.69 Å². The molecule has 7 heteroatoms. The molecule has 4 rings (SSSR count). The Bertz CT molecular complexity index is 1310. The molecule has 1 aromatic heterocycles. The first-order valence-corrected chi connectivity index (χ1v) is 9.52. The van der Waals surface area contributed by atoms with Crippen LogP contribution >= 0.6 is 0 Å². The number of fused-ring (bicyclic) bond motifs is 1. The molecule has 1 amide bonds. The molecule has 31 heavy (non-hydrogen) atoms. The zero-order chi connectivity index (χ0) is 21.8. The van der Waals surface area contributed by atoms with Gasteiger partial charge in [-0.1, -0.05) is 47.6 Å². The Morgan fingerprint density at radius 3 is 2.58 bits per heavy atom. The second kappa shape index (κ2) is 8.51. The van der Waals surface area contributed by atoms with Gasteiger partial charge in [-0.3, -0.25) is 4.79 Å². The summed E-state index contributed by atoms with van der Waals surface area (Å²) in [6, 6.07) is 22.9. The van der Waals surface area contributed by atoms with Crippen molar-refractivity contribution >= 4 is 28.5 Å².